The molecular formula is C32H32FN5. The molecule has 2 aromatic heterocycles. The molecule has 0 spiro atoms. The van der Waals surface area contributed by atoms with Crippen LogP contribution in [0.4, 0.5) is 4.39 Å². The van der Waals surface area contributed by atoms with Gasteiger partial charge in [-0.25, -0.2) is 4.39 Å². The average Bonchev–Trinajstić information content (AvgIpc) is 2.95. The lowest BCUT2D eigenvalue weighted by Crippen LogP contribution is -2.30. The Labute approximate surface area is 223 Å². The molecule has 0 fully saturated rings. The lowest BCUT2D eigenvalue weighted by molar-refractivity contribution is 0.525. The molecule has 2 aromatic carbocycles. The second-order valence-electron chi connectivity index (χ2n) is 9.61. The minimum Gasteiger partial charge on any atom is -0.402 e. The average molecular weight is 506 g/mol. The Morgan fingerprint density at radius 2 is 1.95 bits per heavy atom. The van der Waals surface area contributed by atoms with Gasteiger partial charge >= 0.3 is 0 Å². The van der Waals surface area contributed by atoms with Gasteiger partial charge in [-0.3, -0.25) is 15.0 Å². The standard InChI is InChI=1S/C32H32FN5/c1-5-29(35)32(4,6-2)28-18-27(38-30(21(28)3)23-9-11-26(33)12-10-23)13-15-36-20-22-16-24-8-7-14-37-31(24)25(17-22)19-34/h5,7-12,14,16-18,20H,6,13,15,35H2,1-4H3. The number of hydrogen-bond donors (Lipinski definition) is 1. The van der Waals surface area contributed by atoms with Crippen molar-refractivity contribution in [2.75, 3.05) is 6.54 Å². The number of nitrogens with two attached hydrogens (primary N) is 1. The number of rotatable bonds is 8. The predicted molar refractivity (Wildman–Crippen MR) is 153 cm³/mol. The number of hydrogen-bond acceptors (Lipinski definition) is 5. The van der Waals surface area contributed by atoms with Gasteiger partial charge in [0.2, 0.25) is 0 Å². The first kappa shape index (κ1) is 26.7. The Kier molecular flexibility index (Phi) is 7.97. The van der Waals surface area contributed by atoms with Crippen LogP contribution in [0.3, 0.4) is 0 Å². The van der Waals surface area contributed by atoms with Crippen LogP contribution in [0.25, 0.3) is 22.2 Å². The van der Waals surface area contributed by atoms with E-state index in [-0.39, 0.29) is 11.2 Å². The molecule has 0 aliphatic heterocycles. The molecule has 38 heavy (non-hydrogen) atoms. The molecule has 0 saturated heterocycles. The third-order valence-electron chi connectivity index (χ3n) is 7.28. The quantitative estimate of drug-likeness (QED) is 0.267. The van der Waals surface area contributed by atoms with Gasteiger partial charge in [-0.2, -0.15) is 5.26 Å². The van der Waals surface area contributed by atoms with Crippen molar-refractivity contribution in [2.24, 2.45) is 10.7 Å². The normalized spacial score (nSPS) is 13.5. The molecule has 2 N–H and O–H groups in total. The van der Waals surface area contributed by atoms with E-state index in [0.29, 0.717) is 24.0 Å². The number of halogens is 1. The SMILES string of the molecule is CC=C(N)C(C)(CC)c1cc(CCN=Cc2cc(C#N)c3ncccc3c2)nc(-c2ccc(F)cc2)c1C. The number of benzene rings is 2. The molecule has 192 valence electrons. The first-order valence-corrected chi connectivity index (χ1v) is 12.8. The number of allylic oxidation sites excluding steroid dienone is 2. The Balaban J connectivity index is 1.68. The van der Waals surface area contributed by atoms with E-state index < -0.39 is 0 Å². The fourth-order valence-electron chi connectivity index (χ4n) is 4.85. The summed E-state index contributed by atoms with van der Waals surface area (Å²) >= 11 is 0. The van der Waals surface area contributed by atoms with E-state index in [0.717, 1.165) is 51.1 Å². The third-order valence-corrected chi connectivity index (χ3v) is 7.28. The minimum atomic E-state index is -0.360. The van der Waals surface area contributed by atoms with E-state index in [1.54, 1.807) is 30.6 Å². The van der Waals surface area contributed by atoms with Crippen molar-refractivity contribution in [3.8, 4) is 17.3 Å². The number of aliphatic imine (C=N–C) groups is 1. The first-order chi connectivity index (χ1) is 18.3. The fraction of sp³-hybridized carbons (Fsp3) is 0.250. The van der Waals surface area contributed by atoms with Gasteiger partial charge in [0.05, 0.1) is 16.8 Å². The van der Waals surface area contributed by atoms with Crippen molar-refractivity contribution in [2.45, 2.75) is 46.0 Å². The molecule has 0 amide bonds. The summed E-state index contributed by atoms with van der Waals surface area (Å²) in [5, 5.41) is 10.4. The van der Waals surface area contributed by atoms with Crippen LogP contribution >= 0.6 is 0 Å². The van der Waals surface area contributed by atoms with Gasteiger partial charge < -0.3 is 5.73 Å². The van der Waals surface area contributed by atoms with Crippen molar-refractivity contribution in [1.29, 1.82) is 5.26 Å². The van der Waals surface area contributed by atoms with E-state index in [1.807, 2.05) is 31.2 Å². The van der Waals surface area contributed by atoms with Crippen LogP contribution in [0.1, 0.15) is 55.1 Å². The molecule has 0 radical (unpaired) electrons. The maximum Gasteiger partial charge on any atom is 0.123 e. The summed E-state index contributed by atoms with van der Waals surface area (Å²) in [6.45, 7) is 8.82. The van der Waals surface area contributed by atoms with Crippen molar-refractivity contribution in [3.05, 3.63) is 106 Å². The zero-order chi connectivity index (χ0) is 27.3. The van der Waals surface area contributed by atoms with Crippen LogP contribution in [0.5, 0.6) is 0 Å². The molecule has 2 heterocycles. The second kappa shape index (κ2) is 11.4. The summed E-state index contributed by atoms with van der Waals surface area (Å²) in [5.41, 5.74) is 13.8. The van der Waals surface area contributed by atoms with Crippen molar-refractivity contribution in [1.82, 2.24) is 9.97 Å². The molecule has 6 heteroatoms. The van der Waals surface area contributed by atoms with E-state index in [4.69, 9.17) is 10.7 Å². The number of pyridine rings is 2. The molecule has 0 aliphatic carbocycles. The highest BCUT2D eigenvalue weighted by Gasteiger charge is 2.30. The molecule has 1 unspecified atom stereocenters. The van der Waals surface area contributed by atoms with Gasteiger partial charge in [0.25, 0.3) is 0 Å². The molecular weight excluding hydrogens is 473 g/mol. The molecule has 0 aliphatic rings. The summed E-state index contributed by atoms with van der Waals surface area (Å²) in [4.78, 5) is 13.9. The summed E-state index contributed by atoms with van der Waals surface area (Å²) in [7, 11) is 0. The second-order valence-corrected chi connectivity index (χ2v) is 9.61. The molecule has 0 saturated carbocycles. The van der Waals surface area contributed by atoms with Crippen LogP contribution in [-0.2, 0) is 11.8 Å². The molecule has 1 atom stereocenters. The largest absolute Gasteiger partial charge is 0.402 e. The zero-order valence-corrected chi connectivity index (χ0v) is 22.3. The Hall–Kier alpha value is -4.37. The summed E-state index contributed by atoms with van der Waals surface area (Å²) in [6, 6.07) is 18.4. The van der Waals surface area contributed by atoms with Crippen LogP contribution in [0, 0.1) is 24.1 Å². The molecule has 4 rings (SSSR count). The number of nitrogens with zero attached hydrogens (tertiary/aromatic N) is 4. The van der Waals surface area contributed by atoms with E-state index in [2.05, 4.69) is 42.9 Å². The summed E-state index contributed by atoms with van der Waals surface area (Å²) in [6.07, 6.45) is 6.88. The van der Waals surface area contributed by atoms with Crippen LogP contribution in [0.15, 0.2) is 77.6 Å². The minimum absolute atomic E-state index is 0.280. The smallest absolute Gasteiger partial charge is 0.123 e. The van der Waals surface area contributed by atoms with Crippen LogP contribution < -0.4 is 5.73 Å². The number of aromatic nitrogens is 2. The third kappa shape index (κ3) is 5.33. The lowest BCUT2D eigenvalue weighted by atomic mass is 9.74. The highest BCUT2D eigenvalue weighted by atomic mass is 19.1. The van der Waals surface area contributed by atoms with Crippen molar-refractivity contribution < 1.29 is 4.39 Å². The van der Waals surface area contributed by atoms with Gasteiger partial charge in [-0.1, -0.05) is 26.0 Å². The molecule has 0 bridgehead atoms. The van der Waals surface area contributed by atoms with E-state index in [1.165, 1.54) is 12.1 Å². The van der Waals surface area contributed by atoms with Crippen LogP contribution in [0.2, 0.25) is 0 Å². The highest BCUT2D eigenvalue weighted by Crippen LogP contribution is 2.38. The van der Waals surface area contributed by atoms with Gasteiger partial charge in [-0.05, 0) is 85.5 Å². The highest BCUT2D eigenvalue weighted by molar-refractivity contribution is 5.92. The Morgan fingerprint density at radius 3 is 2.63 bits per heavy atom. The Bertz CT molecular complexity index is 1560. The van der Waals surface area contributed by atoms with Gasteiger partial charge in [0.1, 0.15) is 11.9 Å². The molecule has 5 nitrogen and oxygen atoms in total. The monoisotopic (exact) mass is 505 g/mol. The fourth-order valence-corrected chi connectivity index (χ4v) is 4.85. The van der Waals surface area contributed by atoms with E-state index in [9.17, 15) is 9.65 Å². The maximum absolute atomic E-state index is 13.7. The Morgan fingerprint density at radius 1 is 1.18 bits per heavy atom. The van der Waals surface area contributed by atoms with Gasteiger partial charge in [-0.15, -0.1) is 0 Å². The topological polar surface area (TPSA) is 88.0 Å². The summed E-state index contributed by atoms with van der Waals surface area (Å²) < 4.78 is 13.7. The molecule has 4 aromatic rings. The lowest BCUT2D eigenvalue weighted by Gasteiger charge is -2.32. The van der Waals surface area contributed by atoms with Crippen LogP contribution in [-0.4, -0.2) is 22.7 Å². The van der Waals surface area contributed by atoms with Gasteiger partial charge in [0.15, 0.2) is 0 Å². The maximum atomic E-state index is 13.7. The zero-order valence-electron chi connectivity index (χ0n) is 22.3. The number of nitriles is 1. The van der Waals surface area contributed by atoms with E-state index >= 15 is 0 Å². The predicted octanol–water partition coefficient (Wildman–Crippen LogP) is 6.81. The van der Waals surface area contributed by atoms with Crippen molar-refractivity contribution in [3.63, 3.8) is 0 Å². The first-order valence-electron chi connectivity index (χ1n) is 12.8. The summed E-state index contributed by atoms with van der Waals surface area (Å²) in [5.74, 6) is -0.280. The number of fused-ring (bicyclic) bond motifs is 1. The van der Waals surface area contributed by atoms with Gasteiger partial charge in [0, 0.05) is 53.1 Å². The van der Waals surface area contributed by atoms with Crippen molar-refractivity contribution >= 4 is 17.1 Å².